The Morgan fingerprint density at radius 3 is 2.43 bits per heavy atom. The van der Waals surface area contributed by atoms with Crippen LogP contribution in [0.25, 0.3) is 0 Å². The summed E-state index contributed by atoms with van der Waals surface area (Å²) in [7, 11) is 0. The minimum absolute atomic E-state index is 0. The lowest BCUT2D eigenvalue weighted by Gasteiger charge is -2.18. The summed E-state index contributed by atoms with van der Waals surface area (Å²) in [6.07, 6.45) is 0.347. The molecule has 1 rings (SSSR count). The molecule has 0 radical (unpaired) electrons. The van der Waals surface area contributed by atoms with Crippen LogP contribution in [0.5, 0.6) is 0 Å². The van der Waals surface area contributed by atoms with E-state index in [-0.39, 0.29) is 36.8 Å². The Kier molecular flexibility index (Phi) is 12.6. The number of nitrogens with one attached hydrogen (secondary N) is 1. The zero-order valence-corrected chi connectivity index (χ0v) is 14.6. The molecule has 0 saturated heterocycles. The van der Waals surface area contributed by atoms with E-state index in [2.05, 4.69) is 30.1 Å². The molecule has 0 saturated carbocycles. The van der Waals surface area contributed by atoms with Crippen LogP contribution in [0.2, 0.25) is 0 Å². The monoisotopic (exact) mass is 335 g/mol. The van der Waals surface area contributed by atoms with Gasteiger partial charge in [0.15, 0.2) is 0 Å². The molecule has 0 bridgehead atoms. The molecule has 6 heteroatoms. The van der Waals surface area contributed by atoms with Gasteiger partial charge in [-0.1, -0.05) is 26.0 Å². The summed E-state index contributed by atoms with van der Waals surface area (Å²) in [5, 5.41) is 2.89. The molecule has 0 spiro atoms. The zero-order valence-electron chi connectivity index (χ0n) is 13.0. The summed E-state index contributed by atoms with van der Waals surface area (Å²) in [5.74, 6) is -0.0324. The van der Waals surface area contributed by atoms with Gasteiger partial charge in [0.1, 0.15) is 0 Å². The van der Waals surface area contributed by atoms with Crippen LogP contribution in [0.15, 0.2) is 24.3 Å². The number of carbonyl (C=O) groups is 1. The van der Waals surface area contributed by atoms with Crippen molar-refractivity contribution in [3.8, 4) is 0 Å². The predicted octanol–water partition coefficient (Wildman–Crippen LogP) is 3.05. The number of nitrogens with two attached hydrogens (primary N) is 1. The van der Waals surface area contributed by atoms with Gasteiger partial charge in [0.2, 0.25) is 5.91 Å². The van der Waals surface area contributed by atoms with E-state index in [0.29, 0.717) is 6.42 Å². The fourth-order valence-corrected chi connectivity index (χ4v) is 1.96. The highest BCUT2D eigenvalue weighted by Gasteiger charge is 2.06. The van der Waals surface area contributed by atoms with Crippen LogP contribution >= 0.6 is 24.8 Å². The van der Waals surface area contributed by atoms with Crippen LogP contribution in [-0.4, -0.2) is 29.9 Å². The highest BCUT2D eigenvalue weighted by molar-refractivity contribution is 5.91. The lowest BCUT2D eigenvalue weighted by atomic mass is 10.1. The quantitative estimate of drug-likeness (QED) is 0.805. The van der Waals surface area contributed by atoms with Crippen LogP contribution in [0.1, 0.15) is 32.8 Å². The van der Waals surface area contributed by atoms with Crippen LogP contribution < -0.4 is 11.1 Å². The van der Waals surface area contributed by atoms with Crippen LogP contribution in [0.4, 0.5) is 5.69 Å². The predicted molar refractivity (Wildman–Crippen MR) is 94.5 cm³/mol. The number of amides is 1. The summed E-state index contributed by atoms with van der Waals surface area (Å²) >= 11 is 0. The number of rotatable bonds is 7. The lowest BCUT2D eigenvalue weighted by Crippen LogP contribution is -2.24. The van der Waals surface area contributed by atoms with E-state index in [1.807, 2.05) is 25.1 Å². The van der Waals surface area contributed by atoms with Gasteiger partial charge >= 0.3 is 0 Å². The average molecular weight is 336 g/mol. The summed E-state index contributed by atoms with van der Waals surface area (Å²) in [4.78, 5) is 14.0. The van der Waals surface area contributed by atoms with Gasteiger partial charge in [0.25, 0.3) is 0 Å². The highest BCUT2D eigenvalue weighted by Crippen LogP contribution is 2.13. The first kappa shape index (κ1) is 22.5. The van der Waals surface area contributed by atoms with E-state index in [0.717, 1.165) is 25.3 Å². The third-order valence-electron chi connectivity index (χ3n) is 3.02. The van der Waals surface area contributed by atoms with E-state index < -0.39 is 0 Å². The van der Waals surface area contributed by atoms with Crippen molar-refractivity contribution in [1.29, 1.82) is 0 Å². The number of nitrogens with zero attached hydrogens (tertiary/aromatic N) is 1. The minimum Gasteiger partial charge on any atom is -0.327 e. The second-order valence-electron chi connectivity index (χ2n) is 4.89. The van der Waals surface area contributed by atoms with Gasteiger partial charge in [-0.2, -0.15) is 0 Å². The summed E-state index contributed by atoms with van der Waals surface area (Å²) in [5.41, 5.74) is 7.66. The molecule has 1 amide bonds. The largest absolute Gasteiger partial charge is 0.327 e. The topological polar surface area (TPSA) is 58.4 Å². The van der Waals surface area contributed by atoms with Gasteiger partial charge in [-0.15, -0.1) is 24.8 Å². The molecule has 0 aromatic heterocycles. The molecule has 0 aliphatic carbocycles. The first-order valence-corrected chi connectivity index (χ1v) is 6.91. The maximum absolute atomic E-state index is 11.7. The fourth-order valence-electron chi connectivity index (χ4n) is 1.96. The van der Waals surface area contributed by atoms with Gasteiger partial charge in [0.05, 0.1) is 0 Å². The normalized spacial score (nSPS) is 11.3. The van der Waals surface area contributed by atoms with Crippen molar-refractivity contribution in [2.45, 2.75) is 39.8 Å². The van der Waals surface area contributed by atoms with Crippen molar-refractivity contribution in [2.75, 3.05) is 18.4 Å². The van der Waals surface area contributed by atoms with Gasteiger partial charge in [0, 0.05) is 24.7 Å². The molecule has 1 atom stereocenters. The summed E-state index contributed by atoms with van der Waals surface area (Å²) < 4.78 is 0. The molecule has 0 aliphatic rings. The van der Waals surface area contributed by atoms with E-state index in [4.69, 9.17) is 5.73 Å². The molecular formula is C15H27Cl2N3O. The first-order valence-electron chi connectivity index (χ1n) is 6.91. The number of benzene rings is 1. The molecule has 4 nitrogen and oxygen atoms in total. The molecule has 0 fully saturated rings. The van der Waals surface area contributed by atoms with E-state index in [9.17, 15) is 4.79 Å². The molecule has 1 aromatic rings. The molecular weight excluding hydrogens is 309 g/mol. The molecule has 3 N–H and O–H groups in total. The standard InChI is InChI=1S/C15H25N3O.2ClH/c1-4-18(5-2)11-13-7-6-8-14(10-13)17-15(19)9-12(3)16;;/h6-8,10,12H,4-5,9,11,16H2,1-3H3,(H,17,19);2*1H. The van der Waals surface area contributed by atoms with Crippen LogP contribution in [0.3, 0.4) is 0 Å². The fraction of sp³-hybridized carbons (Fsp3) is 0.533. The van der Waals surface area contributed by atoms with Crippen molar-refractivity contribution in [2.24, 2.45) is 5.73 Å². The smallest absolute Gasteiger partial charge is 0.225 e. The van der Waals surface area contributed by atoms with Crippen molar-refractivity contribution in [3.63, 3.8) is 0 Å². The van der Waals surface area contributed by atoms with Gasteiger partial charge in [-0.05, 0) is 37.7 Å². The van der Waals surface area contributed by atoms with Crippen molar-refractivity contribution in [1.82, 2.24) is 4.90 Å². The number of hydrogen-bond donors (Lipinski definition) is 2. The van der Waals surface area contributed by atoms with E-state index in [1.165, 1.54) is 5.56 Å². The Morgan fingerprint density at radius 1 is 1.29 bits per heavy atom. The van der Waals surface area contributed by atoms with E-state index >= 15 is 0 Å². The van der Waals surface area contributed by atoms with Crippen molar-refractivity contribution in [3.05, 3.63) is 29.8 Å². The maximum atomic E-state index is 11.7. The SMILES string of the molecule is CCN(CC)Cc1cccc(NC(=O)CC(C)N)c1.Cl.Cl. The Labute approximate surface area is 140 Å². The van der Waals surface area contributed by atoms with Gasteiger partial charge in [-0.3, -0.25) is 9.69 Å². The molecule has 0 aliphatic heterocycles. The zero-order chi connectivity index (χ0) is 14.3. The second kappa shape index (κ2) is 11.8. The molecule has 1 aromatic carbocycles. The van der Waals surface area contributed by atoms with Crippen molar-refractivity contribution < 1.29 is 4.79 Å². The molecule has 122 valence electrons. The van der Waals surface area contributed by atoms with Crippen LogP contribution in [0, 0.1) is 0 Å². The van der Waals surface area contributed by atoms with Gasteiger partial charge in [-0.25, -0.2) is 0 Å². The third kappa shape index (κ3) is 8.94. The number of hydrogen-bond acceptors (Lipinski definition) is 3. The molecule has 1 unspecified atom stereocenters. The Morgan fingerprint density at radius 2 is 1.90 bits per heavy atom. The molecule has 0 heterocycles. The van der Waals surface area contributed by atoms with Crippen LogP contribution in [-0.2, 0) is 11.3 Å². The minimum atomic E-state index is -0.112. The third-order valence-corrected chi connectivity index (χ3v) is 3.02. The lowest BCUT2D eigenvalue weighted by molar-refractivity contribution is -0.116. The van der Waals surface area contributed by atoms with Crippen molar-refractivity contribution >= 4 is 36.4 Å². The maximum Gasteiger partial charge on any atom is 0.225 e. The second-order valence-corrected chi connectivity index (χ2v) is 4.89. The summed E-state index contributed by atoms with van der Waals surface area (Å²) in [6, 6.07) is 7.88. The van der Waals surface area contributed by atoms with Gasteiger partial charge < -0.3 is 11.1 Å². The number of carbonyl (C=O) groups excluding carboxylic acids is 1. The summed E-state index contributed by atoms with van der Waals surface area (Å²) in [6.45, 7) is 9.09. The number of halogens is 2. The highest BCUT2D eigenvalue weighted by atomic mass is 35.5. The number of anilines is 1. The average Bonchev–Trinajstić information content (AvgIpc) is 2.35. The Balaban J connectivity index is 0. The van der Waals surface area contributed by atoms with E-state index in [1.54, 1.807) is 0 Å². The Bertz CT molecular complexity index is 410. The molecule has 21 heavy (non-hydrogen) atoms. The Hall–Kier alpha value is -0.810. The first-order chi connectivity index (χ1) is 9.05.